The maximum Gasteiger partial charge on any atom is 0.224 e. The van der Waals surface area contributed by atoms with Gasteiger partial charge in [0.15, 0.2) is 0 Å². The van der Waals surface area contributed by atoms with Crippen molar-refractivity contribution in [1.82, 2.24) is 14.7 Å². The van der Waals surface area contributed by atoms with Crippen LogP contribution in [0.15, 0.2) is 24.3 Å². The number of carbonyl (C=O) groups is 3. The molecule has 1 fully saturated rings. The normalized spacial score (nSPS) is 14.4. The highest BCUT2D eigenvalue weighted by Gasteiger charge is 2.23. The molecule has 0 spiro atoms. The van der Waals surface area contributed by atoms with Gasteiger partial charge in [-0.25, -0.2) is 4.39 Å². The maximum absolute atomic E-state index is 13.8. The molecule has 7 heteroatoms. The summed E-state index contributed by atoms with van der Waals surface area (Å²) in [7, 11) is 0. The SMILES string of the molecule is CC(=O)N1CCN(C(=O)CCN(Cc2ccccc2F)C(C)=O)CC1. The van der Waals surface area contributed by atoms with E-state index in [2.05, 4.69) is 0 Å². The summed E-state index contributed by atoms with van der Waals surface area (Å²) in [4.78, 5) is 40.3. The van der Waals surface area contributed by atoms with Crippen LogP contribution in [0.2, 0.25) is 0 Å². The Balaban J connectivity index is 1.87. The summed E-state index contributed by atoms with van der Waals surface area (Å²) in [6.45, 7) is 5.40. The number of amides is 3. The van der Waals surface area contributed by atoms with Crippen LogP contribution >= 0.6 is 0 Å². The molecule has 0 saturated carbocycles. The zero-order valence-corrected chi connectivity index (χ0v) is 14.7. The molecule has 136 valence electrons. The first-order chi connectivity index (χ1) is 11.9. The van der Waals surface area contributed by atoms with E-state index in [1.165, 1.54) is 24.8 Å². The van der Waals surface area contributed by atoms with Gasteiger partial charge in [-0.1, -0.05) is 18.2 Å². The second-order valence-electron chi connectivity index (χ2n) is 6.17. The second kappa shape index (κ2) is 8.60. The zero-order valence-electron chi connectivity index (χ0n) is 14.7. The van der Waals surface area contributed by atoms with Gasteiger partial charge >= 0.3 is 0 Å². The Kier molecular flexibility index (Phi) is 6.50. The van der Waals surface area contributed by atoms with Crippen molar-refractivity contribution in [2.45, 2.75) is 26.8 Å². The van der Waals surface area contributed by atoms with E-state index in [4.69, 9.17) is 0 Å². The Morgan fingerprint density at radius 1 is 1.04 bits per heavy atom. The minimum Gasteiger partial charge on any atom is -0.339 e. The lowest BCUT2D eigenvalue weighted by Crippen LogP contribution is -2.50. The van der Waals surface area contributed by atoms with E-state index < -0.39 is 0 Å². The number of nitrogens with zero attached hydrogens (tertiary/aromatic N) is 3. The zero-order chi connectivity index (χ0) is 18.4. The molecule has 1 aromatic carbocycles. The largest absolute Gasteiger partial charge is 0.339 e. The molecule has 3 amide bonds. The molecule has 0 aliphatic carbocycles. The number of rotatable bonds is 5. The highest BCUT2D eigenvalue weighted by Crippen LogP contribution is 2.11. The molecule has 0 bridgehead atoms. The fraction of sp³-hybridized carbons (Fsp3) is 0.500. The number of hydrogen-bond acceptors (Lipinski definition) is 3. The van der Waals surface area contributed by atoms with Crippen molar-refractivity contribution in [2.24, 2.45) is 0 Å². The highest BCUT2D eigenvalue weighted by atomic mass is 19.1. The van der Waals surface area contributed by atoms with Crippen LogP contribution in [-0.4, -0.2) is 65.1 Å². The second-order valence-corrected chi connectivity index (χ2v) is 6.17. The summed E-state index contributed by atoms with van der Waals surface area (Å²) >= 11 is 0. The third-order valence-electron chi connectivity index (χ3n) is 4.44. The van der Waals surface area contributed by atoms with Gasteiger partial charge < -0.3 is 14.7 Å². The summed E-state index contributed by atoms with van der Waals surface area (Å²) in [5, 5.41) is 0. The molecule has 0 atom stereocenters. The highest BCUT2D eigenvalue weighted by molar-refractivity contribution is 5.79. The van der Waals surface area contributed by atoms with E-state index in [0.717, 1.165) is 0 Å². The molecule has 2 rings (SSSR count). The molecule has 25 heavy (non-hydrogen) atoms. The quantitative estimate of drug-likeness (QED) is 0.804. The van der Waals surface area contributed by atoms with Gasteiger partial charge in [-0.2, -0.15) is 0 Å². The van der Waals surface area contributed by atoms with Crippen molar-refractivity contribution in [1.29, 1.82) is 0 Å². The molecule has 1 heterocycles. The molecule has 0 radical (unpaired) electrons. The summed E-state index contributed by atoms with van der Waals surface area (Å²) in [5.41, 5.74) is 0.431. The topological polar surface area (TPSA) is 60.9 Å². The smallest absolute Gasteiger partial charge is 0.224 e. The predicted molar refractivity (Wildman–Crippen MR) is 90.9 cm³/mol. The molecule has 1 saturated heterocycles. The molecule has 6 nitrogen and oxygen atoms in total. The van der Waals surface area contributed by atoms with Gasteiger partial charge in [-0.05, 0) is 6.07 Å². The van der Waals surface area contributed by atoms with Gasteiger partial charge in [0.1, 0.15) is 5.82 Å². The number of piperazine rings is 1. The number of benzene rings is 1. The van der Waals surface area contributed by atoms with E-state index >= 15 is 0 Å². The van der Waals surface area contributed by atoms with Crippen molar-refractivity contribution in [3.05, 3.63) is 35.6 Å². The van der Waals surface area contributed by atoms with Crippen molar-refractivity contribution in [3.63, 3.8) is 0 Å². The van der Waals surface area contributed by atoms with Gasteiger partial charge in [-0.15, -0.1) is 0 Å². The van der Waals surface area contributed by atoms with Crippen LogP contribution in [0.3, 0.4) is 0 Å². The van der Waals surface area contributed by atoms with Crippen LogP contribution in [0, 0.1) is 5.82 Å². The van der Waals surface area contributed by atoms with Crippen molar-refractivity contribution < 1.29 is 18.8 Å². The average molecular weight is 349 g/mol. The summed E-state index contributed by atoms with van der Waals surface area (Å²) < 4.78 is 13.8. The molecule has 1 aromatic rings. The lowest BCUT2D eigenvalue weighted by atomic mass is 10.2. The Morgan fingerprint density at radius 2 is 1.64 bits per heavy atom. The number of halogens is 1. The van der Waals surface area contributed by atoms with E-state index in [-0.39, 0.29) is 43.0 Å². The lowest BCUT2D eigenvalue weighted by molar-refractivity contribution is -0.139. The first-order valence-electron chi connectivity index (χ1n) is 8.40. The Hall–Kier alpha value is -2.44. The fourth-order valence-electron chi connectivity index (χ4n) is 2.84. The third kappa shape index (κ3) is 5.27. The van der Waals surface area contributed by atoms with Crippen LogP contribution in [0.4, 0.5) is 4.39 Å². The van der Waals surface area contributed by atoms with E-state index in [9.17, 15) is 18.8 Å². The lowest BCUT2D eigenvalue weighted by Gasteiger charge is -2.34. The monoisotopic (exact) mass is 349 g/mol. The molecular weight excluding hydrogens is 325 g/mol. The van der Waals surface area contributed by atoms with Gasteiger partial charge in [0.25, 0.3) is 0 Å². The summed E-state index contributed by atoms with van der Waals surface area (Å²) in [6.07, 6.45) is 0.189. The van der Waals surface area contributed by atoms with Gasteiger partial charge in [0.2, 0.25) is 17.7 Å². The Labute approximate surface area is 147 Å². The summed E-state index contributed by atoms with van der Waals surface area (Å²) in [5.74, 6) is -0.597. The maximum atomic E-state index is 13.8. The van der Waals surface area contributed by atoms with E-state index in [1.807, 2.05) is 0 Å². The fourth-order valence-corrected chi connectivity index (χ4v) is 2.84. The van der Waals surface area contributed by atoms with E-state index in [0.29, 0.717) is 31.7 Å². The van der Waals surface area contributed by atoms with Crippen LogP contribution in [-0.2, 0) is 20.9 Å². The number of carbonyl (C=O) groups excluding carboxylic acids is 3. The van der Waals surface area contributed by atoms with Gasteiger partial charge in [0.05, 0.1) is 0 Å². The van der Waals surface area contributed by atoms with E-state index in [1.54, 1.807) is 28.0 Å². The average Bonchev–Trinajstić information content (AvgIpc) is 2.59. The first kappa shape index (κ1) is 18.9. The molecular formula is C18H24FN3O3. The molecule has 0 unspecified atom stereocenters. The Morgan fingerprint density at radius 3 is 2.20 bits per heavy atom. The van der Waals surface area contributed by atoms with Gasteiger partial charge in [-0.3, -0.25) is 14.4 Å². The van der Waals surface area contributed by atoms with Gasteiger partial charge in [0, 0.05) is 65.1 Å². The van der Waals surface area contributed by atoms with Crippen molar-refractivity contribution in [2.75, 3.05) is 32.7 Å². The Bertz CT molecular complexity index is 642. The van der Waals surface area contributed by atoms with Crippen molar-refractivity contribution in [3.8, 4) is 0 Å². The molecule has 1 aliphatic heterocycles. The van der Waals surface area contributed by atoms with Crippen molar-refractivity contribution >= 4 is 17.7 Å². The number of hydrogen-bond donors (Lipinski definition) is 0. The first-order valence-corrected chi connectivity index (χ1v) is 8.40. The minimum atomic E-state index is -0.361. The predicted octanol–water partition coefficient (Wildman–Crippen LogP) is 1.25. The summed E-state index contributed by atoms with van der Waals surface area (Å²) in [6, 6.07) is 6.30. The molecule has 0 aromatic heterocycles. The standard InChI is InChI=1S/C18H24FN3O3/c1-14(23)20-9-11-21(12-10-20)18(25)7-8-22(15(2)24)13-16-5-3-4-6-17(16)19/h3-6H,7-13H2,1-2H3. The van der Waals surface area contributed by atoms with Crippen LogP contribution in [0.5, 0.6) is 0 Å². The third-order valence-corrected chi connectivity index (χ3v) is 4.44. The van der Waals surface area contributed by atoms with Crippen LogP contribution in [0.25, 0.3) is 0 Å². The minimum absolute atomic E-state index is 0.0136. The van der Waals surface area contributed by atoms with Crippen LogP contribution in [0.1, 0.15) is 25.8 Å². The van der Waals surface area contributed by atoms with Crippen LogP contribution < -0.4 is 0 Å². The molecule has 1 aliphatic rings. The molecule has 0 N–H and O–H groups in total.